The van der Waals surface area contributed by atoms with Crippen molar-refractivity contribution >= 4 is 27.5 Å². The summed E-state index contributed by atoms with van der Waals surface area (Å²) in [5.41, 5.74) is 3.22. The van der Waals surface area contributed by atoms with Crippen LogP contribution in [0.4, 0.5) is 0 Å². The van der Waals surface area contributed by atoms with Crippen LogP contribution in [0, 0.1) is 0 Å². The number of benzene rings is 3. The standard InChI is InChI=1S/C20H17N5/c21-20(23-24-22)18-7-8-19-17(12-18)9-10-25(19)13-14-5-6-15-3-1-2-4-16(15)11-14/h1-12H,13H2,(H3,21,22,23)/p+1. The third-order valence-electron chi connectivity index (χ3n) is 4.40. The second kappa shape index (κ2) is 6.20. The lowest BCUT2D eigenvalue weighted by Gasteiger charge is -2.07. The summed E-state index contributed by atoms with van der Waals surface area (Å²) in [4.78, 5) is 0. The smallest absolute Gasteiger partial charge is 0.343 e. The van der Waals surface area contributed by atoms with Gasteiger partial charge in [-0.05, 0) is 46.7 Å². The Kier molecular flexibility index (Phi) is 3.74. The van der Waals surface area contributed by atoms with Gasteiger partial charge in [0.1, 0.15) is 0 Å². The van der Waals surface area contributed by atoms with Crippen molar-refractivity contribution in [1.29, 1.82) is 0 Å². The zero-order chi connectivity index (χ0) is 17.2. The Morgan fingerprint density at radius 3 is 2.60 bits per heavy atom. The third kappa shape index (κ3) is 2.87. The van der Waals surface area contributed by atoms with Gasteiger partial charge in [-0.3, -0.25) is 11.3 Å². The molecule has 0 saturated heterocycles. The molecule has 0 bridgehead atoms. The fraction of sp³-hybridized carbons (Fsp3) is 0.0500. The first-order chi connectivity index (χ1) is 12.2. The van der Waals surface area contributed by atoms with Gasteiger partial charge in [0.15, 0.2) is 0 Å². The summed E-state index contributed by atoms with van der Waals surface area (Å²) in [6.45, 7) is 0.815. The molecule has 5 heteroatoms. The highest BCUT2D eigenvalue weighted by Gasteiger charge is 2.11. The van der Waals surface area contributed by atoms with Crippen LogP contribution < -0.4 is 11.3 Å². The van der Waals surface area contributed by atoms with Gasteiger partial charge in [0, 0.05) is 28.9 Å². The molecule has 0 aliphatic carbocycles. The summed E-state index contributed by atoms with van der Waals surface area (Å²) in [6, 6.07) is 23.0. The van der Waals surface area contributed by atoms with Gasteiger partial charge >= 0.3 is 5.84 Å². The molecule has 0 aliphatic rings. The Hall–Kier alpha value is -3.47. The molecule has 0 saturated carbocycles. The van der Waals surface area contributed by atoms with Crippen LogP contribution in [0.2, 0.25) is 0 Å². The highest BCUT2D eigenvalue weighted by molar-refractivity contribution is 5.98. The van der Waals surface area contributed by atoms with Crippen LogP contribution in [-0.2, 0) is 6.54 Å². The van der Waals surface area contributed by atoms with Crippen LogP contribution in [0.1, 0.15) is 11.1 Å². The summed E-state index contributed by atoms with van der Waals surface area (Å²) in [5.74, 6) is 5.37. The third-order valence-corrected chi connectivity index (χ3v) is 4.40. The van der Waals surface area contributed by atoms with E-state index in [0.29, 0.717) is 5.84 Å². The number of nitrogens with two attached hydrogens (primary N) is 2. The van der Waals surface area contributed by atoms with Crippen LogP contribution >= 0.6 is 0 Å². The lowest BCUT2D eigenvalue weighted by Crippen LogP contribution is -2.38. The van der Waals surface area contributed by atoms with Gasteiger partial charge in [0.25, 0.3) is 0 Å². The highest BCUT2D eigenvalue weighted by Crippen LogP contribution is 2.21. The molecule has 0 radical (unpaired) electrons. The van der Waals surface area contributed by atoms with Gasteiger partial charge in [0.2, 0.25) is 0 Å². The molecule has 0 amide bonds. The zero-order valence-electron chi connectivity index (χ0n) is 13.6. The number of aromatic nitrogens is 1. The maximum absolute atomic E-state index is 5.85. The molecule has 0 fully saturated rings. The normalized spacial score (nSPS) is 11.5. The van der Waals surface area contributed by atoms with Crippen molar-refractivity contribution in [2.75, 3.05) is 0 Å². The fourth-order valence-electron chi connectivity index (χ4n) is 3.15. The van der Waals surface area contributed by atoms with E-state index in [1.54, 1.807) is 0 Å². The molecule has 1 heterocycles. The van der Waals surface area contributed by atoms with Crippen LogP contribution in [0.3, 0.4) is 0 Å². The van der Waals surface area contributed by atoms with Gasteiger partial charge in [-0.25, -0.2) is 0 Å². The molecular formula is C20H18N5+. The molecule has 4 aromatic rings. The quantitative estimate of drug-likeness (QED) is 0.196. The summed E-state index contributed by atoms with van der Waals surface area (Å²) >= 11 is 0. The summed E-state index contributed by atoms with van der Waals surface area (Å²) < 4.78 is 2.23. The molecule has 0 unspecified atom stereocenters. The second-order valence-electron chi connectivity index (χ2n) is 6.00. The monoisotopic (exact) mass is 328 g/mol. The van der Waals surface area contributed by atoms with Crippen LogP contribution in [-0.4, -0.2) is 10.4 Å². The first kappa shape index (κ1) is 15.1. The number of rotatable bonds is 3. The van der Waals surface area contributed by atoms with Crippen LogP contribution in [0.25, 0.3) is 21.7 Å². The van der Waals surface area contributed by atoms with Gasteiger partial charge < -0.3 is 4.57 Å². The number of hydrogen-bond donors (Lipinski definition) is 2. The molecule has 5 nitrogen and oxygen atoms in total. The van der Waals surface area contributed by atoms with Crippen molar-refractivity contribution in [2.24, 2.45) is 16.2 Å². The maximum Gasteiger partial charge on any atom is 0.350 e. The molecule has 122 valence electrons. The van der Waals surface area contributed by atoms with E-state index in [1.807, 2.05) is 18.2 Å². The van der Waals surface area contributed by atoms with Crippen molar-refractivity contribution in [3.8, 4) is 0 Å². The maximum atomic E-state index is 5.85. The van der Waals surface area contributed by atoms with Crippen molar-refractivity contribution in [2.45, 2.75) is 6.54 Å². The molecule has 4 rings (SSSR count). The molecule has 0 aliphatic heterocycles. The largest absolute Gasteiger partial charge is 0.350 e. The molecule has 0 spiro atoms. The average Bonchev–Trinajstić information content (AvgIpc) is 3.04. The molecule has 4 N–H and O–H groups in total. The molecule has 3 aromatic carbocycles. The van der Waals surface area contributed by atoms with E-state index in [4.69, 9.17) is 11.3 Å². The van der Waals surface area contributed by atoms with Gasteiger partial charge in [-0.1, -0.05) is 36.4 Å². The minimum absolute atomic E-state index is 0.312. The number of amidine groups is 1. The van der Waals surface area contributed by atoms with Crippen molar-refractivity contribution in [3.05, 3.63) is 84.1 Å². The predicted octanol–water partition coefficient (Wildman–Crippen LogP) is 2.67. The molecular weight excluding hydrogens is 310 g/mol. The number of nitrogens with zero attached hydrogens (tertiary/aromatic N) is 3. The lowest BCUT2D eigenvalue weighted by atomic mass is 10.1. The summed E-state index contributed by atoms with van der Waals surface area (Å²) in [5, 5.41) is 16.4. The SMILES string of the molecule is NN=NC(=[NH2+])c1ccc2c(ccn2Cc2ccc3ccccc3c2)c1. The van der Waals surface area contributed by atoms with Gasteiger partial charge in [-0.2, -0.15) is 0 Å². The molecule has 0 atom stereocenters. The van der Waals surface area contributed by atoms with E-state index >= 15 is 0 Å². The van der Waals surface area contributed by atoms with E-state index in [1.165, 1.54) is 16.3 Å². The summed E-state index contributed by atoms with van der Waals surface area (Å²) in [6.07, 6.45) is 2.09. The van der Waals surface area contributed by atoms with Gasteiger partial charge in [-0.15, -0.1) is 0 Å². The highest BCUT2D eigenvalue weighted by atomic mass is 15.3. The average molecular weight is 328 g/mol. The van der Waals surface area contributed by atoms with E-state index in [0.717, 1.165) is 23.0 Å². The molecule has 25 heavy (non-hydrogen) atoms. The van der Waals surface area contributed by atoms with Crippen LogP contribution in [0.15, 0.2) is 83.3 Å². The Bertz CT molecular complexity index is 1110. The minimum atomic E-state index is 0.312. The topological polar surface area (TPSA) is 81.3 Å². The Labute approximate surface area is 144 Å². The fourth-order valence-corrected chi connectivity index (χ4v) is 3.15. The van der Waals surface area contributed by atoms with Crippen molar-refractivity contribution < 1.29 is 5.41 Å². The Morgan fingerprint density at radius 2 is 1.76 bits per heavy atom. The number of fused-ring (bicyclic) bond motifs is 2. The predicted molar refractivity (Wildman–Crippen MR) is 100 cm³/mol. The van der Waals surface area contributed by atoms with E-state index in [9.17, 15) is 0 Å². The minimum Gasteiger partial charge on any atom is -0.343 e. The second-order valence-corrected chi connectivity index (χ2v) is 6.00. The van der Waals surface area contributed by atoms with E-state index < -0.39 is 0 Å². The van der Waals surface area contributed by atoms with E-state index in [2.05, 4.69) is 69.6 Å². The van der Waals surface area contributed by atoms with Crippen LogP contribution in [0.5, 0.6) is 0 Å². The number of hydrogen-bond acceptors (Lipinski definition) is 1. The van der Waals surface area contributed by atoms with Crippen molar-refractivity contribution in [3.63, 3.8) is 0 Å². The Balaban J connectivity index is 1.68. The molecule has 1 aromatic heterocycles. The first-order valence-electron chi connectivity index (χ1n) is 8.05. The van der Waals surface area contributed by atoms with E-state index in [-0.39, 0.29) is 0 Å². The Morgan fingerprint density at radius 1 is 0.920 bits per heavy atom. The summed E-state index contributed by atoms with van der Waals surface area (Å²) in [7, 11) is 0. The lowest BCUT2D eigenvalue weighted by molar-refractivity contribution is -0.114. The van der Waals surface area contributed by atoms with Crippen molar-refractivity contribution in [1.82, 2.24) is 4.57 Å². The van der Waals surface area contributed by atoms with Gasteiger partial charge in [0.05, 0.1) is 10.7 Å². The first-order valence-corrected chi connectivity index (χ1v) is 8.05. The zero-order valence-corrected chi connectivity index (χ0v) is 13.6.